The fraction of sp³-hybridized carbons (Fsp3) is 0.269. The molecular formula is C26H24Cl3N3. The van der Waals surface area contributed by atoms with E-state index < -0.39 is 0 Å². The molecule has 164 valence electrons. The second-order valence-electron chi connectivity index (χ2n) is 7.98. The van der Waals surface area contributed by atoms with Gasteiger partial charge in [-0.15, -0.1) is 0 Å². The molecule has 1 aliphatic heterocycles. The molecule has 1 saturated heterocycles. The Morgan fingerprint density at radius 1 is 0.938 bits per heavy atom. The van der Waals surface area contributed by atoms with Crippen LogP contribution in [0, 0.1) is 6.57 Å². The number of hydrogen-bond acceptors (Lipinski definition) is 2. The van der Waals surface area contributed by atoms with Crippen molar-refractivity contribution in [3.63, 3.8) is 0 Å². The first-order valence-corrected chi connectivity index (χ1v) is 11.8. The van der Waals surface area contributed by atoms with Crippen LogP contribution in [0.2, 0.25) is 15.1 Å². The number of piperazine rings is 1. The largest absolute Gasteiger partial charge is 0.361 e. The van der Waals surface area contributed by atoms with Gasteiger partial charge in [0.05, 0.1) is 23.3 Å². The number of anilines is 1. The third kappa shape index (κ3) is 4.90. The minimum atomic E-state index is 0.122. The SMILES string of the molecule is [C-]#[N+]c1ccc(C(CC)N2CCN(c3ccc(Cl)cc3Cl)[C@H](c3ccc(Cl)cc3)C2)cc1. The number of halogens is 3. The normalized spacial score (nSPS) is 17.7. The standard InChI is InChI=1S/C26H24Cl3N3/c1-3-24(18-6-11-22(30-2)12-7-18)31-14-15-32(25-13-10-21(28)16-23(25)29)26(17-31)19-4-8-20(27)9-5-19/h4-13,16,24,26H,3,14-15,17H2,1H3/t24?,26-/m0/s1. The van der Waals surface area contributed by atoms with Gasteiger partial charge in [0.1, 0.15) is 0 Å². The zero-order chi connectivity index (χ0) is 22.7. The molecule has 0 aliphatic carbocycles. The fourth-order valence-electron chi connectivity index (χ4n) is 4.54. The van der Waals surface area contributed by atoms with E-state index >= 15 is 0 Å². The summed E-state index contributed by atoms with van der Waals surface area (Å²) in [5.74, 6) is 0. The molecule has 1 unspecified atom stereocenters. The van der Waals surface area contributed by atoms with Crippen molar-refractivity contribution in [1.29, 1.82) is 0 Å². The van der Waals surface area contributed by atoms with Crippen molar-refractivity contribution < 1.29 is 0 Å². The van der Waals surface area contributed by atoms with Crippen molar-refractivity contribution in [3.8, 4) is 0 Å². The van der Waals surface area contributed by atoms with E-state index in [0.717, 1.165) is 36.8 Å². The van der Waals surface area contributed by atoms with E-state index in [1.807, 2.05) is 36.4 Å². The second kappa shape index (κ2) is 10.1. The lowest BCUT2D eigenvalue weighted by Crippen LogP contribution is -2.49. The summed E-state index contributed by atoms with van der Waals surface area (Å²) in [5.41, 5.74) is 4.10. The molecule has 0 bridgehead atoms. The molecule has 0 spiro atoms. The molecule has 1 heterocycles. The molecule has 0 amide bonds. The Morgan fingerprint density at radius 2 is 1.62 bits per heavy atom. The fourth-order valence-corrected chi connectivity index (χ4v) is 5.18. The summed E-state index contributed by atoms with van der Waals surface area (Å²) < 4.78 is 0. The van der Waals surface area contributed by atoms with Crippen molar-refractivity contribution in [3.05, 3.63) is 104 Å². The zero-order valence-electron chi connectivity index (χ0n) is 17.8. The van der Waals surface area contributed by atoms with Crippen LogP contribution in [0.15, 0.2) is 66.7 Å². The molecule has 3 aromatic rings. The van der Waals surface area contributed by atoms with E-state index in [0.29, 0.717) is 15.7 Å². The summed E-state index contributed by atoms with van der Waals surface area (Å²) in [6.07, 6.45) is 0.992. The highest BCUT2D eigenvalue weighted by Crippen LogP contribution is 2.39. The van der Waals surface area contributed by atoms with Crippen LogP contribution in [0.25, 0.3) is 4.85 Å². The van der Waals surface area contributed by atoms with Crippen LogP contribution in [-0.4, -0.2) is 24.5 Å². The van der Waals surface area contributed by atoms with E-state index in [1.54, 1.807) is 6.07 Å². The van der Waals surface area contributed by atoms with Gasteiger partial charge in [0.15, 0.2) is 5.69 Å². The molecule has 6 heteroatoms. The quantitative estimate of drug-likeness (QED) is 0.338. The number of hydrogen-bond donors (Lipinski definition) is 0. The minimum Gasteiger partial charge on any atom is -0.361 e. The Hall–Kier alpha value is -2.22. The van der Waals surface area contributed by atoms with Gasteiger partial charge < -0.3 is 4.90 Å². The van der Waals surface area contributed by atoms with Crippen LogP contribution in [0.1, 0.15) is 36.6 Å². The summed E-state index contributed by atoms with van der Waals surface area (Å²) in [7, 11) is 0. The molecular weight excluding hydrogens is 461 g/mol. The van der Waals surface area contributed by atoms with Gasteiger partial charge >= 0.3 is 0 Å². The van der Waals surface area contributed by atoms with E-state index in [9.17, 15) is 0 Å². The highest BCUT2D eigenvalue weighted by atomic mass is 35.5. The van der Waals surface area contributed by atoms with Gasteiger partial charge in [0, 0.05) is 35.7 Å². The highest BCUT2D eigenvalue weighted by molar-refractivity contribution is 6.36. The van der Waals surface area contributed by atoms with Crippen LogP contribution in [-0.2, 0) is 0 Å². The number of nitrogens with zero attached hydrogens (tertiary/aromatic N) is 3. The maximum Gasteiger partial charge on any atom is 0.187 e. The van der Waals surface area contributed by atoms with Gasteiger partial charge in [-0.05, 0) is 47.9 Å². The van der Waals surface area contributed by atoms with Gasteiger partial charge in [-0.2, -0.15) is 0 Å². The Bertz CT molecular complexity index is 1110. The second-order valence-corrected chi connectivity index (χ2v) is 9.26. The predicted octanol–water partition coefficient (Wildman–Crippen LogP) is 8.21. The molecule has 0 aromatic heterocycles. The van der Waals surface area contributed by atoms with Crippen LogP contribution >= 0.6 is 34.8 Å². The first kappa shape index (κ1) is 23.0. The van der Waals surface area contributed by atoms with Crippen molar-refractivity contribution in [2.75, 3.05) is 24.5 Å². The van der Waals surface area contributed by atoms with E-state index in [1.165, 1.54) is 11.1 Å². The Kier molecular flexibility index (Phi) is 7.28. The van der Waals surface area contributed by atoms with Crippen molar-refractivity contribution >= 4 is 46.2 Å². The number of rotatable bonds is 5. The maximum atomic E-state index is 7.21. The van der Waals surface area contributed by atoms with Gasteiger partial charge in [-0.25, -0.2) is 4.85 Å². The average molecular weight is 485 g/mol. The summed E-state index contributed by atoms with van der Waals surface area (Å²) in [5, 5.41) is 2.02. The maximum absolute atomic E-state index is 7.21. The Balaban J connectivity index is 1.67. The zero-order valence-corrected chi connectivity index (χ0v) is 20.1. The first-order valence-electron chi connectivity index (χ1n) is 10.7. The lowest BCUT2D eigenvalue weighted by molar-refractivity contribution is 0.156. The molecule has 1 fully saturated rings. The highest BCUT2D eigenvalue weighted by Gasteiger charge is 2.33. The third-order valence-electron chi connectivity index (χ3n) is 6.12. The van der Waals surface area contributed by atoms with Crippen LogP contribution in [0.4, 0.5) is 11.4 Å². The molecule has 4 rings (SSSR count). The van der Waals surface area contributed by atoms with Crippen LogP contribution < -0.4 is 4.90 Å². The Labute approximate surface area is 204 Å². The van der Waals surface area contributed by atoms with Crippen molar-refractivity contribution in [1.82, 2.24) is 4.90 Å². The average Bonchev–Trinajstić information content (AvgIpc) is 2.81. The lowest BCUT2D eigenvalue weighted by Gasteiger charge is -2.46. The van der Waals surface area contributed by atoms with Crippen molar-refractivity contribution in [2.45, 2.75) is 25.4 Å². The summed E-state index contributed by atoms with van der Waals surface area (Å²) in [4.78, 5) is 8.43. The van der Waals surface area contributed by atoms with Gasteiger partial charge in [-0.1, -0.05) is 78.1 Å². The first-order chi connectivity index (χ1) is 15.5. The topological polar surface area (TPSA) is 10.8 Å². The molecule has 3 aromatic carbocycles. The van der Waals surface area contributed by atoms with Gasteiger partial charge in [-0.3, -0.25) is 4.90 Å². The summed E-state index contributed by atoms with van der Waals surface area (Å²) in [6.45, 7) is 12.0. The molecule has 3 nitrogen and oxygen atoms in total. The molecule has 32 heavy (non-hydrogen) atoms. The molecule has 0 radical (unpaired) electrons. The molecule has 0 N–H and O–H groups in total. The summed E-state index contributed by atoms with van der Waals surface area (Å²) >= 11 is 18.9. The van der Waals surface area contributed by atoms with E-state index in [-0.39, 0.29) is 12.1 Å². The van der Waals surface area contributed by atoms with Gasteiger partial charge in [0.25, 0.3) is 0 Å². The monoisotopic (exact) mass is 483 g/mol. The van der Waals surface area contributed by atoms with Crippen LogP contribution in [0.5, 0.6) is 0 Å². The van der Waals surface area contributed by atoms with Gasteiger partial charge in [0.2, 0.25) is 0 Å². The summed E-state index contributed by atoms with van der Waals surface area (Å²) in [6, 6.07) is 22.2. The van der Waals surface area contributed by atoms with Crippen LogP contribution in [0.3, 0.4) is 0 Å². The molecule has 0 saturated carbocycles. The van der Waals surface area contributed by atoms with E-state index in [4.69, 9.17) is 41.4 Å². The minimum absolute atomic E-state index is 0.122. The number of benzene rings is 3. The van der Waals surface area contributed by atoms with E-state index in [2.05, 4.69) is 45.8 Å². The third-order valence-corrected chi connectivity index (χ3v) is 6.91. The Morgan fingerprint density at radius 3 is 2.25 bits per heavy atom. The molecule has 1 aliphatic rings. The lowest BCUT2D eigenvalue weighted by atomic mass is 9.96. The van der Waals surface area contributed by atoms with Crippen molar-refractivity contribution in [2.24, 2.45) is 0 Å². The predicted molar refractivity (Wildman–Crippen MR) is 135 cm³/mol. The smallest absolute Gasteiger partial charge is 0.187 e. The molecule has 2 atom stereocenters.